The van der Waals surface area contributed by atoms with Crippen LogP contribution in [0.25, 0.3) is 0 Å². The number of aliphatic carboxylic acids is 1. The van der Waals surface area contributed by atoms with E-state index < -0.39 is 24.1 Å². The van der Waals surface area contributed by atoms with Crippen molar-refractivity contribution in [2.75, 3.05) is 5.75 Å². The van der Waals surface area contributed by atoms with E-state index in [1.165, 1.54) is 16.7 Å². The highest BCUT2D eigenvalue weighted by Gasteiger charge is 2.43. The number of hydrogen-bond donors (Lipinski definition) is 2. The molecule has 3 atom stereocenters. The number of nitrogens with zero attached hydrogens (tertiary/aromatic N) is 1. The Kier molecular flexibility index (Phi) is 4.91. The summed E-state index contributed by atoms with van der Waals surface area (Å²) in [5.74, 6) is 2.02. The van der Waals surface area contributed by atoms with Gasteiger partial charge in [-0.3, -0.25) is 4.90 Å². The zero-order valence-corrected chi connectivity index (χ0v) is 11.5. The highest BCUT2D eigenvalue weighted by atomic mass is 32.2. The molecule has 0 aromatic heterocycles. The molecule has 0 aliphatic carbocycles. The summed E-state index contributed by atoms with van der Waals surface area (Å²) >= 11 is 1.49. The normalized spacial score (nSPS) is 24.7. The Morgan fingerprint density at radius 3 is 2.56 bits per heavy atom. The fraction of sp³-hybridized carbons (Fsp3) is 0.667. The first kappa shape index (κ1) is 14.7. The Bertz CT molecular complexity index is 378. The summed E-state index contributed by atoms with van der Waals surface area (Å²) < 4.78 is 0. The number of carboxylic acid groups (broad SMARTS) is 1. The number of hydrogen-bond acceptors (Lipinski definition) is 3. The molecule has 2 N–H and O–H groups in total. The Balaban J connectivity index is 2.86. The molecule has 18 heavy (non-hydrogen) atoms. The monoisotopic (exact) mass is 270 g/mol. The molecular formula is C12H18N2O3S. The lowest BCUT2D eigenvalue weighted by atomic mass is 10.1. The maximum absolute atomic E-state index is 12.1. The zero-order valence-electron chi connectivity index (χ0n) is 10.7. The summed E-state index contributed by atoms with van der Waals surface area (Å²) in [6.45, 7) is 5.61. The standard InChI is InChI=1S/C12H18N2O3S/c1-5-8(4)13-12(17)14-9(11(15)16)6-18-10(14)7(2)3/h1,7-10H,6H2,2-4H3,(H,13,17)(H,15,16). The topological polar surface area (TPSA) is 69.6 Å². The molecule has 5 nitrogen and oxygen atoms in total. The average molecular weight is 270 g/mol. The number of amides is 2. The minimum atomic E-state index is -0.978. The van der Waals surface area contributed by atoms with Crippen LogP contribution in [0.5, 0.6) is 0 Å². The van der Waals surface area contributed by atoms with Crippen LogP contribution >= 0.6 is 11.8 Å². The average Bonchev–Trinajstić information content (AvgIpc) is 2.73. The Hall–Kier alpha value is -1.35. The number of nitrogens with one attached hydrogen (secondary N) is 1. The number of carbonyl (C=O) groups is 2. The molecule has 1 saturated heterocycles. The van der Waals surface area contributed by atoms with E-state index in [2.05, 4.69) is 11.2 Å². The molecule has 2 amide bonds. The fourth-order valence-electron chi connectivity index (χ4n) is 1.79. The molecule has 0 saturated carbocycles. The van der Waals surface area contributed by atoms with Crippen molar-refractivity contribution in [1.29, 1.82) is 0 Å². The van der Waals surface area contributed by atoms with E-state index in [0.717, 1.165) is 0 Å². The second-order valence-corrected chi connectivity index (χ2v) is 5.72. The third kappa shape index (κ3) is 3.10. The third-order valence-corrected chi connectivity index (χ3v) is 4.34. The molecule has 100 valence electrons. The lowest BCUT2D eigenvalue weighted by molar-refractivity contribution is -0.141. The lowest BCUT2D eigenvalue weighted by Crippen LogP contribution is -2.52. The largest absolute Gasteiger partial charge is 0.480 e. The maximum atomic E-state index is 12.1. The van der Waals surface area contributed by atoms with Gasteiger partial charge in [-0.1, -0.05) is 19.8 Å². The number of carbonyl (C=O) groups excluding carboxylic acids is 1. The van der Waals surface area contributed by atoms with Gasteiger partial charge < -0.3 is 10.4 Å². The van der Waals surface area contributed by atoms with Crippen LogP contribution in [0, 0.1) is 18.3 Å². The maximum Gasteiger partial charge on any atom is 0.327 e. The second kappa shape index (κ2) is 6.01. The fourth-order valence-corrected chi connectivity index (χ4v) is 3.26. The molecule has 1 heterocycles. The number of thioether (sulfide) groups is 1. The summed E-state index contributed by atoms with van der Waals surface area (Å²) in [5.41, 5.74) is 0. The Labute approximate surface area is 111 Å². The van der Waals surface area contributed by atoms with E-state index in [0.29, 0.717) is 5.75 Å². The van der Waals surface area contributed by atoms with Gasteiger partial charge in [0.15, 0.2) is 0 Å². The highest BCUT2D eigenvalue weighted by molar-refractivity contribution is 8.00. The molecule has 0 aromatic carbocycles. The summed E-state index contributed by atoms with van der Waals surface area (Å²) in [7, 11) is 0. The smallest absolute Gasteiger partial charge is 0.327 e. The van der Waals surface area contributed by atoms with Gasteiger partial charge in [-0.15, -0.1) is 18.2 Å². The summed E-state index contributed by atoms with van der Waals surface area (Å²) in [5, 5.41) is 11.6. The molecule has 3 unspecified atom stereocenters. The Morgan fingerprint density at radius 1 is 1.50 bits per heavy atom. The predicted octanol–water partition coefficient (Wildman–Crippen LogP) is 1.20. The van der Waals surface area contributed by atoms with Gasteiger partial charge in [0.05, 0.1) is 11.4 Å². The summed E-state index contributed by atoms with van der Waals surface area (Å²) in [4.78, 5) is 24.6. The molecule has 1 aliphatic heterocycles. The van der Waals surface area contributed by atoms with Gasteiger partial charge >= 0.3 is 12.0 Å². The Morgan fingerprint density at radius 2 is 2.11 bits per heavy atom. The number of carboxylic acids is 1. The minimum absolute atomic E-state index is 0.129. The van der Waals surface area contributed by atoms with Crippen molar-refractivity contribution in [2.24, 2.45) is 5.92 Å². The van der Waals surface area contributed by atoms with Crippen LogP contribution in [0.2, 0.25) is 0 Å². The lowest BCUT2D eigenvalue weighted by Gasteiger charge is -2.30. The van der Waals surface area contributed by atoms with Crippen LogP contribution < -0.4 is 5.32 Å². The van der Waals surface area contributed by atoms with Crippen molar-refractivity contribution in [3.8, 4) is 12.3 Å². The van der Waals surface area contributed by atoms with Gasteiger partial charge in [0.2, 0.25) is 0 Å². The van der Waals surface area contributed by atoms with E-state index in [1.54, 1.807) is 6.92 Å². The molecule has 6 heteroatoms. The third-order valence-electron chi connectivity index (χ3n) is 2.71. The van der Waals surface area contributed by atoms with Crippen LogP contribution in [-0.4, -0.2) is 45.2 Å². The van der Waals surface area contributed by atoms with Crippen molar-refractivity contribution < 1.29 is 14.7 Å². The molecular weight excluding hydrogens is 252 g/mol. The van der Waals surface area contributed by atoms with Crippen LogP contribution in [0.15, 0.2) is 0 Å². The van der Waals surface area contributed by atoms with Gasteiger partial charge in [-0.25, -0.2) is 9.59 Å². The molecule has 1 fully saturated rings. The van der Waals surface area contributed by atoms with Crippen molar-refractivity contribution in [3.05, 3.63) is 0 Å². The van der Waals surface area contributed by atoms with Gasteiger partial charge in [-0.05, 0) is 12.8 Å². The second-order valence-electron chi connectivity index (χ2n) is 4.57. The van der Waals surface area contributed by atoms with Crippen molar-refractivity contribution in [1.82, 2.24) is 10.2 Å². The van der Waals surface area contributed by atoms with E-state index in [4.69, 9.17) is 11.5 Å². The van der Waals surface area contributed by atoms with Gasteiger partial charge in [0, 0.05) is 5.75 Å². The SMILES string of the molecule is C#CC(C)NC(=O)N1C(C(=O)O)CSC1C(C)C. The van der Waals surface area contributed by atoms with E-state index in [9.17, 15) is 9.59 Å². The van der Waals surface area contributed by atoms with E-state index >= 15 is 0 Å². The van der Waals surface area contributed by atoms with E-state index in [1.807, 2.05) is 13.8 Å². The molecule has 1 rings (SSSR count). The first-order chi connectivity index (χ1) is 8.38. The molecule has 0 aromatic rings. The highest BCUT2D eigenvalue weighted by Crippen LogP contribution is 2.34. The molecule has 0 spiro atoms. The summed E-state index contributed by atoms with van der Waals surface area (Å²) in [6.07, 6.45) is 5.20. The number of urea groups is 1. The first-order valence-corrected chi connectivity index (χ1v) is 6.82. The number of terminal acetylenes is 1. The van der Waals surface area contributed by atoms with Crippen LogP contribution in [-0.2, 0) is 4.79 Å². The van der Waals surface area contributed by atoms with Gasteiger partial charge in [0.25, 0.3) is 0 Å². The van der Waals surface area contributed by atoms with Crippen molar-refractivity contribution in [2.45, 2.75) is 38.2 Å². The van der Waals surface area contributed by atoms with Crippen LogP contribution in [0.3, 0.4) is 0 Å². The predicted molar refractivity (Wildman–Crippen MR) is 71.2 cm³/mol. The van der Waals surface area contributed by atoms with Gasteiger partial charge in [-0.2, -0.15) is 0 Å². The van der Waals surface area contributed by atoms with Crippen molar-refractivity contribution in [3.63, 3.8) is 0 Å². The van der Waals surface area contributed by atoms with Crippen LogP contribution in [0.1, 0.15) is 20.8 Å². The van der Waals surface area contributed by atoms with Crippen LogP contribution in [0.4, 0.5) is 4.79 Å². The van der Waals surface area contributed by atoms with Crippen molar-refractivity contribution >= 4 is 23.8 Å². The molecule has 1 aliphatic rings. The molecule has 0 radical (unpaired) electrons. The van der Waals surface area contributed by atoms with E-state index in [-0.39, 0.29) is 11.3 Å². The quantitative estimate of drug-likeness (QED) is 0.756. The minimum Gasteiger partial charge on any atom is -0.480 e. The molecule has 0 bridgehead atoms. The van der Waals surface area contributed by atoms with Gasteiger partial charge in [0.1, 0.15) is 6.04 Å². The first-order valence-electron chi connectivity index (χ1n) is 5.77. The summed E-state index contributed by atoms with van der Waals surface area (Å²) in [6, 6.07) is -1.60. The zero-order chi connectivity index (χ0) is 13.9. The number of rotatable bonds is 3.